The minimum absolute atomic E-state index is 0.0359. The van der Waals surface area contributed by atoms with E-state index >= 15 is 0 Å². The third kappa shape index (κ3) is 4.01. The van der Waals surface area contributed by atoms with Crippen LogP contribution in [0.2, 0.25) is 0 Å². The van der Waals surface area contributed by atoms with Crippen LogP contribution in [0.3, 0.4) is 0 Å². The quantitative estimate of drug-likeness (QED) is 0.796. The normalized spacial score (nSPS) is 23.7. The Hall–Kier alpha value is -2.61. The van der Waals surface area contributed by atoms with Gasteiger partial charge in [0.1, 0.15) is 5.75 Å². The standard InChI is InChI=1S/C23H31N5O3/c1-27-15-23(14-19(27)20-25-21(31-26-20)16-4-3-5-16)10-12-28(13-11-23)22(29)24-17-6-8-18(30-2)9-7-17/h6-9,16,19H,3-5,10-15H2,1-2H3,(H,24,29). The minimum atomic E-state index is -0.0359. The molecule has 166 valence electrons. The van der Waals surface area contributed by atoms with Gasteiger partial charge in [0.25, 0.3) is 0 Å². The van der Waals surface area contributed by atoms with Crippen LogP contribution in [0, 0.1) is 5.41 Å². The van der Waals surface area contributed by atoms with Gasteiger partial charge in [-0.3, -0.25) is 4.90 Å². The summed E-state index contributed by atoms with van der Waals surface area (Å²) in [5, 5.41) is 7.32. The number of aromatic nitrogens is 2. The fourth-order valence-electron chi connectivity index (χ4n) is 5.19. The van der Waals surface area contributed by atoms with Gasteiger partial charge >= 0.3 is 6.03 Å². The van der Waals surface area contributed by atoms with E-state index in [9.17, 15) is 4.79 Å². The molecule has 2 aliphatic heterocycles. The number of amides is 2. The van der Waals surface area contributed by atoms with Crippen LogP contribution in [-0.4, -0.2) is 59.8 Å². The van der Waals surface area contributed by atoms with Gasteiger partial charge in [0.2, 0.25) is 5.89 Å². The highest BCUT2D eigenvalue weighted by Gasteiger charge is 2.46. The topological polar surface area (TPSA) is 83.7 Å². The number of ether oxygens (including phenoxy) is 1. The molecule has 1 N–H and O–H groups in total. The molecule has 1 saturated carbocycles. The number of urea groups is 1. The number of methoxy groups -OCH3 is 1. The van der Waals surface area contributed by atoms with Crippen LogP contribution >= 0.6 is 0 Å². The summed E-state index contributed by atoms with van der Waals surface area (Å²) >= 11 is 0. The van der Waals surface area contributed by atoms with Crippen molar-refractivity contribution in [2.45, 2.75) is 50.5 Å². The summed E-state index contributed by atoms with van der Waals surface area (Å²) in [4.78, 5) is 21.7. The molecule has 8 heteroatoms. The van der Waals surface area contributed by atoms with Crippen LogP contribution in [-0.2, 0) is 0 Å². The number of hydrogen-bond acceptors (Lipinski definition) is 6. The van der Waals surface area contributed by atoms with Crippen LogP contribution in [0.4, 0.5) is 10.5 Å². The van der Waals surface area contributed by atoms with E-state index in [1.54, 1.807) is 7.11 Å². The summed E-state index contributed by atoms with van der Waals surface area (Å²) in [5.74, 6) is 2.90. The summed E-state index contributed by atoms with van der Waals surface area (Å²) < 4.78 is 10.7. The number of rotatable bonds is 4. The fraction of sp³-hybridized carbons (Fsp3) is 0.609. The zero-order valence-electron chi connectivity index (χ0n) is 18.3. The summed E-state index contributed by atoms with van der Waals surface area (Å²) in [6.45, 7) is 2.54. The van der Waals surface area contributed by atoms with Crippen molar-refractivity contribution >= 4 is 11.7 Å². The summed E-state index contributed by atoms with van der Waals surface area (Å²) in [5.41, 5.74) is 0.999. The van der Waals surface area contributed by atoms with Gasteiger partial charge in [-0.25, -0.2) is 4.79 Å². The predicted molar refractivity (Wildman–Crippen MR) is 116 cm³/mol. The first kappa shape index (κ1) is 20.3. The van der Waals surface area contributed by atoms with Crippen LogP contribution in [0.25, 0.3) is 0 Å². The molecule has 5 rings (SSSR count). The van der Waals surface area contributed by atoms with Crippen LogP contribution in [0.5, 0.6) is 5.75 Å². The van der Waals surface area contributed by atoms with Gasteiger partial charge in [-0.2, -0.15) is 4.98 Å². The summed E-state index contributed by atoms with van der Waals surface area (Å²) in [6, 6.07) is 7.60. The molecule has 1 aromatic heterocycles. The van der Waals surface area contributed by atoms with Crippen molar-refractivity contribution in [1.82, 2.24) is 19.9 Å². The number of likely N-dealkylation sites (tertiary alicyclic amines) is 2. The molecule has 1 aromatic carbocycles. The molecule has 1 unspecified atom stereocenters. The molecular weight excluding hydrogens is 394 g/mol. The molecule has 0 radical (unpaired) electrons. The summed E-state index contributed by atoms with van der Waals surface area (Å²) in [7, 11) is 3.79. The smallest absolute Gasteiger partial charge is 0.321 e. The van der Waals surface area contributed by atoms with Crippen molar-refractivity contribution in [3.63, 3.8) is 0 Å². The highest BCUT2D eigenvalue weighted by molar-refractivity contribution is 5.89. The van der Waals surface area contributed by atoms with Gasteiger partial charge in [-0.1, -0.05) is 11.6 Å². The zero-order valence-corrected chi connectivity index (χ0v) is 18.3. The Morgan fingerprint density at radius 3 is 2.61 bits per heavy atom. The van der Waals surface area contributed by atoms with E-state index in [2.05, 4.69) is 22.4 Å². The number of piperidine rings is 1. The first-order chi connectivity index (χ1) is 15.0. The Morgan fingerprint density at radius 1 is 1.23 bits per heavy atom. The van der Waals surface area contributed by atoms with Crippen molar-refractivity contribution < 1.29 is 14.1 Å². The molecule has 1 spiro atoms. The first-order valence-electron chi connectivity index (χ1n) is 11.3. The van der Waals surface area contributed by atoms with E-state index in [1.165, 1.54) is 19.3 Å². The number of nitrogens with one attached hydrogen (secondary N) is 1. The highest BCUT2D eigenvalue weighted by Crippen LogP contribution is 2.48. The molecule has 3 fully saturated rings. The number of nitrogens with zero attached hydrogens (tertiary/aromatic N) is 4. The fourth-order valence-corrected chi connectivity index (χ4v) is 5.19. The third-order valence-electron chi connectivity index (χ3n) is 7.41. The molecule has 8 nitrogen and oxygen atoms in total. The van der Waals surface area contributed by atoms with Gasteiger partial charge in [0.05, 0.1) is 13.2 Å². The largest absolute Gasteiger partial charge is 0.497 e. The molecule has 3 aliphatic rings. The van der Waals surface area contributed by atoms with E-state index < -0.39 is 0 Å². The Kier molecular flexibility index (Phi) is 5.33. The molecule has 2 amide bonds. The van der Waals surface area contributed by atoms with Gasteiger partial charge < -0.3 is 19.5 Å². The maximum Gasteiger partial charge on any atom is 0.321 e. The maximum absolute atomic E-state index is 12.7. The highest BCUT2D eigenvalue weighted by atomic mass is 16.5. The van der Waals surface area contributed by atoms with Crippen molar-refractivity contribution in [3.05, 3.63) is 36.0 Å². The number of carbonyl (C=O) groups is 1. The molecular formula is C23H31N5O3. The van der Waals surface area contributed by atoms with Crippen LogP contribution < -0.4 is 10.1 Å². The second-order valence-corrected chi connectivity index (χ2v) is 9.40. The number of anilines is 1. The molecule has 1 atom stereocenters. The lowest BCUT2D eigenvalue weighted by Crippen LogP contribution is -2.45. The average Bonchev–Trinajstić information content (AvgIpc) is 3.32. The lowest BCUT2D eigenvalue weighted by Gasteiger charge is -2.39. The van der Waals surface area contributed by atoms with E-state index in [1.807, 2.05) is 29.2 Å². The molecule has 1 aliphatic carbocycles. The first-order valence-corrected chi connectivity index (χ1v) is 11.3. The van der Waals surface area contributed by atoms with Gasteiger partial charge in [-0.15, -0.1) is 0 Å². The predicted octanol–water partition coefficient (Wildman–Crippen LogP) is 4.04. The van der Waals surface area contributed by atoms with Gasteiger partial charge in [0.15, 0.2) is 5.82 Å². The Balaban J connectivity index is 1.17. The molecule has 3 heterocycles. The number of hydrogen-bond donors (Lipinski definition) is 1. The van der Waals surface area contributed by atoms with Crippen molar-refractivity contribution in [2.75, 3.05) is 39.1 Å². The lowest BCUT2D eigenvalue weighted by molar-refractivity contribution is 0.128. The lowest BCUT2D eigenvalue weighted by atomic mass is 9.76. The van der Waals surface area contributed by atoms with E-state index in [-0.39, 0.29) is 17.5 Å². The number of carbonyl (C=O) groups excluding carboxylic acids is 1. The monoisotopic (exact) mass is 425 g/mol. The van der Waals surface area contributed by atoms with E-state index in [0.717, 1.165) is 62.0 Å². The Bertz CT molecular complexity index is 916. The summed E-state index contributed by atoms with van der Waals surface area (Å²) in [6.07, 6.45) is 6.62. The SMILES string of the molecule is COc1ccc(NC(=O)N2CCC3(CC2)CC(c2noc(C4CCC4)n2)N(C)C3)cc1. The van der Waals surface area contributed by atoms with Crippen LogP contribution in [0.1, 0.15) is 62.2 Å². The maximum atomic E-state index is 12.7. The Morgan fingerprint density at radius 2 is 1.97 bits per heavy atom. The van der Waals surface area contributed by atoms with Crippen molar-refractivity contribution in [3.8, 4) is 5.75 Å². The van der Waals surface area contributed by atoms with Gasteiger partial charge in [0, 0.05) is 31.2 Å². The molecule has 0 bridgehead atoms. The molecule has 2 aromatic rings. The third-order valence-corrected chi connectivity index (χ3v) is 7.41. The number of benzene rings is 1. The molecule has 31 heavy (non-hydrogen) atoms. The minimum Gasteiger partial charge on any atom is -0.497 e. The second kappa shape index (κ2) is 8.15. The van der Waals surface area contributed by atoms with E-state index in [0.29, 0.717) is 5.92 Å². The van der Waals surface area contributed by atoms with Gasteiger partial charge in [-0.05, 0) is 68.8 Å². The molecule has 2 saturated heterocycles. The zero-order chi connectivity index (χ0) is 21.4. The Labute approximate surface area is 182 Å². The second-order valence-electron chi connectivity index (χ2n) is 9.40. The van der Waals surface area contributed by atoms with Crippen molar-refractivity contribution in [2.24, 2.45) is 5.41 Å². The average molecular weight is 426 g/mol. The van der Waals surface area contributed by atoms with Crippen LogP contribution in [0.15, 0.2) is 28.8 Å². The van der Waals surface area contributed by atoms with E-state index in [4.69, 9.17) is 14.2 Å². The van der Waals surface area contributed by atoms with Crippen molar-refractivity contribution in [1.29, 1.82) is 0 Å².